The Morgan fingerprint density at radius 1 is 0.926 bits per heavy atom. The first-order chi connectivity index (χ1) is 13.1. The Hall–Kier alpha value is -2.24. The number of benzene rings is 2. The molecule has 0 spiro atoms. The molecule has 4 rings (SSSR count). The van der Waals surface area contributed by atoms with Crippen molar-refractivity contribution in [3.63, 3.8) is 0 Å². The van der Waals surface area contributed by atoms with Crippen molar-refractivity contribution in [1.29, 1.82) is 0 Å². The van der Waals surface area contributed by atoms with Crippen LogP contribution in [0.15, 0.2) is 70.6 Å². The number of para-hydroxylation sites is 1. The summed E-state index contributed by atoms with van der Waals surface area (Å²) in [6, 6.07) is 16.3. The molecule has 140 valence electrons. The largest absolute Gasteiger partial charge is 0.303 e. The predicted octanol–water partition coefficient (Wildman–Crippen LogP) is 4.10. The summed E-state index contributed by atoms with van der Waals surface area (Å²) in [5, 5.41) is 0.880. The molecule has 3 aromatic rings. The molecule has 0 aliphatic carbocycles. The number of fused-ring (bicyclic) bond motifs is 1. The fraction of sp³-hybridized carbons (Fsp3) is 0.318. The molecule has 1 aliphatic rings. The highest BCUT2D eigenvalue weighted by molar-refractivity contribution is 7.91. The molecule has 5 heteroatoms. The van der Waals surface area contributed by atoms with E-state index in [4.69, 9.17) is 0 Å². The van der Waals surface area contributed by atoms with E-state index in [1.807, 2.05) is 18.2 Å². The molecule has 4 nitrogen and oxygen atoms in total. The number of likely N-dealkylation sites (tertiary alicyclic amines) is 1. The van der Waals surface area contributed by atoms with Crippen LogP contribution in [0.25, 0.3) is 10.9 Å². The molecule has 0 atom stereocenters. The van der Waals surface area contributed by atoms with Crippen molar-refractivity contribution in [2.75, 3.05) is 19.6 Å². The first-order valence-corrected chi connectivity index (χ1v) is 11.0. The van der Waals surface area contributed by atoms with Gasteiger partial charge in [0.15, 0.2) is 0 Å². The SMILES string of the molecule is O=S(=O)(c1ccccc1)c1cnc2c(CCCN3CCCC3)cccc2c1. The zero-order valence-electron chi connectivity index (χ0n) is 15.3. The average molecular weight is 381 g/mol. The van der Waals surface area contributed by atoms with Crippen LogP contribution in [0, 0.1) is 0 Å². The van der Waals surface area contributed by atoms with Gasteiger partial charge in [-0.1, -0.05) is 36.4 Å². The minimum atomic E-state index is -3.54. The lowest BCUT2D eigenvalue weighted by molar-refractivity contribution is 0.334. The molecule has 1 saturated heterocycles. The van der Waals surface area contributed by atoms with Crippen LogP contribution >= 0.6 is 0 Å². The summed E-state index contributed by atoms with van der Waals surface area (Å²) < 4.78 is 25.7. The first kappa shape index (κ1) is 18.1. The standard InChI is InChI=1S/C22H24N2O2S/c25-27(26,20-11-2-1-3-12-20)21-16-19-9-6-8-18(22(19)23-17-21)10-7-15-24-13-4-5-14-24/h1-3,6,8-9,11-12,16-17H,4-5,7,10,13-15H2. The second-order valence-corrected chi connectivity index (χ2v) is 9.08. The molecule has 0 radical (unpaired) electrons. The third-order valence-corrected chi connectivity index (χ3v) is 6.99. The van der Waals surface area contributed by atoms with E-state index in [2.05, 4.69) is 16.0 Å². The molecular formula is C22H24N2O2S. The van der Waals surface area contributed by atoms with Gasteiger partial charge in [0.1, 0.15) is 0 Å². The highest BCUT2D eigenvalue weighted by Gasteiger charge is 2.18. The van der Waals surface area contributed by atoms with Crippen LogP contribution in [-0.2, 0) is 16.3 Å². The zero-order valence-corrected chi connectivity index (χ0v) is 16.2. The van der Waals surface area contributed by atoms with Gasteiger partial charge in [0.25, 0.3) is 0 Å². The van der Waals surface area contributed by atoms with Crippen LogP contribution in [0.4, 0.5) is 0 Å². The van der Waals surface area contributed by atoms with Crippen LogP contribution in [0.2, 0.25) is 0 Å². The van der Waals surface area contributed by atoms with Crippen molar-refractivity contribution < 1.29 is 8.42 Å². The fourth-order valence-electron chi connectivity index (χ4n) is 3.79. The summed E-state index contributed by atoms with van der Waals surface area (Å²) >= 11 is 0. The Kier molecular flexibility index (Phi) is 5.23. The van der Waals surface area contributed by atoms with Gasteiger partial charge < -0.3 is 4.90 Å². The number of rotatable bonds is 6. The maximum atomic E-state index is 12.8. The summed E-state index contributed by atoms with van der Waals surface area (Å²) in [5.74, 6) is 0. The van der Waals surface area contributed by atoms with E-state index in [0.29, 0.717) is 4.90 Å². The van der Waals surface area contributed by atoms with E-state index in [0.717, 1.165) is 30.3 Å². The van der Waals surface area contributed by atoms with Crippen LogP contribution in [0.5, 0.6) is 0 Å². The molecule has 0 unspecified atom stereocenters. The van der Waals surface area contributed by atoms with Crippen LogP contribution in [-0.4, -0.2) is 37.9 Å². The zero-order chi connectivity index (χ0) is 18.7. The first-order valence-electron chi connectivity index (χ1n) is 9.55. The number of aryl methyl sites for hydroxylation is 1. The highest BCUT2D eigenvalue weighted by atomic mass is 32.2. The van der Waals surface area contributed by atoms with E-state index < -0.39 is 9.84 Å². The maximum Gasteiger partial charge on any atom is 0.208 e. The number of hydrogen-bond acceptors (Lipinski definition) is 4. The smallest absolute Gasteiger partial charge is 0.208 e. The van der Waals surface area contributed by atoms with Gasteiger partial charge in [-0.25, -0.2) is 8.42 Å². The number of pyridine rings is 1. The normalized spacial score (nSPS) is 15.4. The number of aromatic nitrogens is 1. The van der Waals surface area contributed by atoms with Gasteiger partial charge in [0.05, 0.1) is 15.3 Å². The van der Waals surface area contributed by atoms with E-state index in [-0.39, 0.29) is 4.90 Å². The van der Waals surface area contributed by atoms with Gasteiger partial charge in [-0.3, -0.25) is 4.98 Å². The monoisotopic (exact) mass is 380 g/mol. The summed E-state index contributed by atoms with van der Waals surface area (Å²) in [5.41, 5.74) is 2.10. The molecule has 0 bridgehead atoms. The average Bonchev–Trinajstić information content (AvgIpc) is 3.22. The van der Waals surface area contributed by atoms with Gasteiger partial charge >= 0.3 is 0 Å². The van der Waals surface area contributed by atoms with E-state index in [1.54, 1.807) is 30.3 Å². The fourth-order valence-corrected chi connectivity index (χ4v) is 5.05. The Labute approximate surface area is 160 Å². The Balaban J connectivity index is 1.58. The lowest BCUT2D eigenvalue weighted by Gasteiger charge is -2.14. The topological polar surface area (TPSA) is 50.3 Å². The molecule has 2 aromatic carbocycles. The predicted molar refractivity (Wildman–Crippen MR) is 108 cm³/mol. The third-order valence-electron chi connectivity index (χ3n) is 5.25. The van der Waals surface area contributed by atoms with Gasteiger partial charge in [-0.2, -0.15) is 0 Å². The van der Waals surface area contributed by atoms with Crippen LogP contribution in [0.3, 0.4) is 0 Å². The molecule has 0 saturated carbocycles. The molecule has 1 aromatic heterocycles. The minimum Gasteiger partial charge on any atom is -0.303 e. The molecule has 27 heavy (non-hydrogen) atoms. The summed E-state index contributed by atoms with van der Waals surface area (Å²) in [7, 11) is -3.54. The molecule has 0 amide bonds. The third kappa shape index (κ3) is 3.89. The summed E-state index contributed by atoms with van der Waals surface area (Å²) in [6.07, 6.45) is 6.19. The Morgan fingerprint density at radius 3 is 2.48 bits per heavy atom. The van der Waals surface area contributed by atoms with Crippen LogP contribution < -0.4 is 0 Å². The van der Waals surface area contributed by atoms with Crippen molar-refractivity contribution in [1.82, 2.24) is 9.88 Å². The summed E-state index contributed by atoms with van der Waals surface area (Å²) in [6.45, 7) is 3.56. The van der Waals surface area contributed by atoms with Crippen molar-refractivity contribution in [3.8, 4) is 0 Å². The van der Waals surface area contributed by atoms with Crippen molar-refractivity contribution in [2.24, 2.45) is 0 Å². The van der Waals surface area contributed by atoms with Gasteiger partial charge in [-0.15, -0.1) is 0 Å². The molecular weight excluding hydrogens is 356 g/mol. The Morgan fingerprint density at radius 2 is 1.70 bits per heavy atom. The van der Waals surface area contributed by atoms with E-state index >= 15 is 0 Å². The lowest BCUT2D eigenvalue weighted by Crippen LogP contribution is -2.20. The van der Waals surface area contributed by atoms with Crippen molar-refractivity contribution >= 4 is 20.7 Å². The summed E-state index contributed by atoms with van der Waals surface area (Å²) in [4.78, 5) is 7.59. The molecule has 1 aliphatic heterocycles. The van der Waals surface area contributed by atoms with Gasteiger partial charge in [0, 0.05) is 11.6 Å². The second-order valence-electron chi connectivity index (χ2n) is 7.13. The van der Waals surface area contributed by atoms with Crippen LogP contribution in [0.1, 0.15) is 24.8 Å². The lowest BCUT2D eigenvalue weighted by atomic mass is 10.1. The molecule has 2 heterocycles. The highest BCUT2D eigenvalue weighted by Crippen LogP contribution is 2.25. The second kappa shape index (κ2) is 7.79. The quantitative estimate of drug-likeness (QED) is 0.646. The molecule has 0 N–H and O–H groups in total. The van der Waals surface area contributed by atoms with Crippen molar-refractivity contribution in [3.05, 3.63) is 66.4 Å². The number of nitrogens with zero attached hydrogens (tertiary/aromatic N) is 2. The number of sulfone groups is 1. The van der Waals surface area contributed by atoms with E-state index in [1.165, 1.54) is 37.7 Å². The minimum absolute atomic E-state index is 0.246. The van der Waals surface area contributed by atoms with E-state index in [9.17, 15) is 8.42 Å². The van der Waals surface area contributed by atoms with Crippen molar-refractivity contribution in [2.45, 2.75) is 35.5 Å². The van der Waals surface area contributed by atoms with Gasteiger partial charge in [0.2, 0.25) is 9.84 Å². The molecule has 1 fully saturated rings. The van der Waals surface area contributed by atoms with Gasteiger partial charge in [-0.05, 0) is 69.1 Å². The number of hydrogen-bond donors (Lipinski definition) is 0. The Bertz CT molecular complexity index is 1030. The maximum absolute atomic E-state index is 12.8.